The fourth-order valence-electron chi connectivity index (χ4n) is 2.04. The summed E-state index contributed by atoms with van der Waals surface area (Å²) in [5, 5.41) is 13.1. The van der Waals surface area contributed by atoms with Gasteiger partial charge in [0.25, 0.3) is 0 Å². The van der Waals surface area contributed by atoms with Gasteiger partial charge in [-0.1, -0.05) is 18.2 Å². The lowest BCUT2D eigenvalue weighted by atomic mass is 9.95. The van der Waals surface area contributed by atoms with Crippen LogP contribution in [0.5, 0.6) is 0 Å². The van der Waals surface area contributed by atoms with E-state index in [1.807, 2.05) is 23.4 Å². The van der Waals surface area contributed by atoms with Gasteiger partial charge in [-0.2, -0.15) is 0 Å². The van der Waals surface area contributed by atoms with Crippen molar-refractivity contribution in [3.8, 4) is 0 Å². The van der Waals surface area contributed by atoms with E-state index in [4.69, 9.17) is 0 Å². The van der Waals surface area contributed by atoms with Gasteiger partial charge in [-0.25, -0.2) is 0 Å². The minimum atomic E-state index is 0.685. The van der Waals surface area contributed by atoms with Crippen molar-refractivity contribution in [1.82, 2.24) is 20.1 Å². The van der Waals surface area contributed by atoms with Gasteiger partial charge in [-0.05, 0) is 26.3 Å². The van der Waals surface area contributed by atoms with Crippen LogP contribution in [0.1, 0.15) is 25.7 Å². The lowest BCUT2D eigenvalue weighted by Gasteiger charge is -2.27. The molecule has 1 aromatic rings. The summed E-state index contributed by atoms with van der Waals surface area (Å²) in [7, 11) is 4.06. The smallest absolute Gasteiger partial charge is 0.191 e. The summed E-state index contributed by atoms with van der Waals surface area (Å²) in [5.74, 6) is 0. The molecule has 0 radical (unpaired) electrons. The zero-order valence-electron chi connectivity index (χ0n) is 9.31. The SMILES string of the molecule is CNC1CCCC(Sc2nncn2C)C1. The Morgan fingerprint density at radius 3 is 3.07 bits per heavy atom. The van der Waals surface area contributed by atoms with Crippen molar-refractivity contribution in [1.29, 1.82) is 0 Å². The Bertz CT molecular complexity index is 312. The number of nitrogens with zero attached hydrogens (tertiary/aromatic N) is 3. The molecule has 84 valence electrons. The number of hydrogen-bond donors (Lipinski definition) is 1. The highest BCUT2D eigenvalue weighted by atomic mass is 32.2. The van der Waals surface area contributed by atoms with Crippen molar-refractivity contribution in [3.63, 3.8) is 0 Å². The number of rotatable bonds is 3. The Kier molecular flexibility index (Phi) is 3.64. The van der Waals surface area contributed by atoms with Gasteiger partial charge in [0.15, 0.2) is 5.16 Å². The lowest BCUT2D eigenvalue weighted by Crippen LogP contribution is -2.32. The van der Waals surface area contributed by atoms with Crippen LogP contribution in [0.4, 0.5) is 0 Å². The molecule has 1 aliphatic rings. The molecule has 2 rings (SSSR count). The van der Waals surface area contributed by atoms with Crippen molar-refractivity contribution in [2.24, 2.45) is 7.05 Å². The van der Waals surface area contributed by atoms with Crippen LogP contribution in [-0.4, -0.2) is 33.1 Å². The fourth-order valence-corrected chi connectivity index (χ4v) is 3.26. The molecule has 1 aliphatic carbocycles. The molecule has 0 amide bonds. The predicted molar refractivity (Wildman–Crippen MR) is 62.0 cm³/mol. The molecule has 15 heavy (non-hydrogen) atoms. The van der Waals surface area contributed by atoms with E-state index in [-0.39, 0.29) is 0 Å². The number of thioether (sulfide) groups is 1. The van der Waals surface area contributed by atoms with E-state index < -0.39 is 0 Å². The molecule has 1 N–H and O–H groups in total. The lowest BCUT2D eigenvalue weighted by molar-refractivity contribution is 0.402. The first kappa shape index (κ1) is 11.0. The Balaban J connectivity index is 1.92. The van der Waals surface area contributed by atoms with Crippen molar-refractivity contribution in [2.75, 3.05) is 7.05 Å². The normalized spacial score (nSPS) is 26.8. The number of hydrogen-bond acceptors (Lipinski definition) is 4. The van der Waals surface area contributed by atoms with Gasteiger partial charge >= 0.3 is 0 Å². The maximum atomic E-state index is 4.12. The van der Waals surface area contributed by atoms with Crippen LogP contribution in [0, 0.1) is 0 Å². The van der Waals surface area contributed by atoms with Crippen molar-refractivity contribution >= 4 is 11.8 Å². The van der Waals surface area contributed by atoms with Crippen LogP contribution in [0.25, 0.3) is 0 Å². The summed E-state index contributed by atoms with van der Waals surface area (Å²) in [6.07, 6.45) is 6.94. The standard InChI is InChI=1S/C10H18N4S/c1-11-8-4-3-5-9(6-8)15-10-13-12-7-14(10)2/h7-9,11H,3-6H2,1-2H3. The van der Waals surface area contributed by atoms with Gasteiger partial charge in [0, 0.05) is 18.3 Å². The maximum absolute atomic E-state index is 4.12. The summed E-state index contributed by atoms with van der Waals surface area (Å²) in [6.45, 7) is 0. The molecule has 0 saturated heterocycles. The van der Waals surface area contributed by atoms with E-state index >= 15 is 0 Å². The van der Waals surface area contributed by atoms with Gasteiger partial charge in [-0.15, -0.1) is 10.2 Å². The number of aromatic nitrogens is 3. The minimum Gasteiger partial charge on any atom is -0.317 e. The first-order valence-electron chi connectivity index (χ1n) is 5.47. The molecule has 0 aliphatic heterocycles. The van der Waals surface area contributed by atoms with Crippen molar-refractivity contribution < 1.29 is 0 Å². The average Bonchev–Trinajstić information content (AvgIpc) is 2.65. The molecule has 5 heteroatoms. The van der Waals surface area contributed by atoms with Gasteiger partial charge in [0.05, 0.1) is 0 Å². The van der Waals surface area contributed by atoms with E-state index in [0.717, 1.165) is 5.16 Å². The molecular formula is C10H18N4S. The molecule has 0 spiro atoms. The molecule has 0 aromatic carbocycles. The molecular weight excluding hydrogens is 208 g/mol. The van der Waals surface area contributed by atoms with Crippen molar-refractivity contribution in [2.45, 2.75) is 42.1 Å². The van der Waals surface area contributed by atoms with Gasteiger partial charge < -0.3 is 9.88 Å². The number of nitrogens with one attached hydrogen (secondary N) is 1. The summed E-state index contributed by atoms with van der Waals surface area (Å²) < 4.78 is 1.99. The molecule has 4 nitrogen and oxygen atoms in total. The van der Waals surface area contributed by atoms with Crippen LogP contribution in [0.15, 0.2) is 11.5 Å². The zero-order chi connectivity index (χ0) is 10.7. The van der Waals surface area contributed by atoms with Crippen molar-refractivity contribution in [3.05, 3.63) is 6.33 Å². The molecule has 1 saturated carbocycles. The highest BCUT2D eigenvalue weighted by molar-refractivity contribution is 7.99. The minimum absolute atomic E-state index is 0.685. The third kappa shape index (κ3) is 2.72. The molecule has 1 fully saturated rings. The Labute approximate surface area is 94.8 Å². The van der Waals surface area contributed by atoms with E-state index in [9.17, 15) is 0 Å². The van der Waals surface area contributed by atoms with Crippen LogP contribution in [0.2, 0.25) is 0 Å². The second-order valence-corrected chi connectivity index (χ2v) is 5.38. The summed E-state index contributed by atoms with van der Waals surface area (Å²) >= 11 is 1.87. The third-order valence-electron chi connectivity index (χ3n) is 2.98. The number of aryl methyl sites for hydroxylation is 1. The van der Waals surface area contributed by atoms with Crippen LogP contribution in [0.3, 0.4) is 0 Å². The highest BCUT2D eigenvalue weighted by Crippen LogP contribution is 2.32. The molecule has 0 bridgehead atoms. The summed E-state index contributed by atoms with van der Waals surface area (Å²) in [5.41, 5.74) is 0. The summed E-state index contributed by atoms with van der Waals surface area (Å²) in [4.78, 5) is 0. The topological polar surface area (TPSA) is 42.7 Å². The van der Waals surface area contributed by atoms with E-state index in [0.29, 0.717) is 11.3 Å². The van der Waals surface area contributed by atoms with Crippen LogP contribution < -0.4 is 5.32 Å². The van der Waals surface area contributed by atoms with Gasteiger partial charge in [-0.3, -0.25) is 0 Å². The monoisotopic (exact) mass is 226 g/mol. The quantitative estimate of drug-likeness (QED) is 0.847. The maximum Gasteiger partial charge on any atom is 0.191 e. The van der Waals surface area contributed by atoms with Gasteiger partial charge in [0.2, 0.25) is 0 Å². The Morgan fingerprint density at radius 2 is 2.40 bits per heavy atom. The molecule has 1 aromatic heterocycles. The molecule has 2 atom stereocenters. The van der Waals surface area contributed by atoms with Crippen LogP contribution in [-0.2, 0) is 7.05 Å². The van der Waals surface area contributed by atoms with Gasteiger partial charge in [0.1, 0.15) is 6.33 Å². The first-order chi connectivity index (χ1) is 7.29. The molecule has 2 unspecified atom stereocenters. The third-order valence-corrected chi connectivity index (χ3v) is 4.32. The molecule has 1 heterocycles. The van der Waals surface area contributed by atoms with Crippen LogP contribution >= 0.6 is 11.8 Å². The average molecular weight is 226 g/mol. The second kappa shape index (κ2) is 4.99. The zero-order valence-corrected chi connectivity index (χ0v) is 10.1. The fraction of sp³-hybridized carbons (Fsp3) is 0.800. The van der Waals surface area contributed by atoms with E-state index in [1.54, 1.807) is 6.33 Å². The highest BCUT2D eigenvalue weighted by Gasteiger charge is 2.22. The first-order valence-corrected chi connectivity index (χ1v) is 6.35. The predicted octanol–water partition coefficient (Wildman–Crippen LogP) is 1.44. The van der Waals surface area contributed by atoms with E-state index in [1.165, 1.54) is 25.7 Å². The largest absolute Gasteiger partial charge is 0.317 e. The Hall–Kier alpha value is -0.550. The summed E-state index contributed by atoms with van der Waals surface area (Å²) in [6, 6.07) is 0.685. The van der Waals surface area contributed by atoms with E-state index in [2.05, 4.69) is 22.6 Å². The second-order valence-electron chi connectivity index (χ2n) is 4.12. The Morgan fingerprint density at radius 1 is 1.53 bits per heavy atom.